The number of benzene rings is 1. The van der Waals surface area contributed by atoms with Gasteiger partial charge in [-0.2, -0.15) is 4.98 Å². The number of anilines is 2. The molecule has 2 saturated heterocycles. The summed E-state index contributed by atoms with van der Waals surface area (Å²) in [5, 5.41) is 0. The van der Waals surface area contributed by atoms with Gasteiger partial charge in [-0.3, -0.25) is 4.79 Å². The molecule has 2 aromatic rings. The summed E-state index contributed by atoms with van der Waals surface area (Å²) < 4.78 is 0. The first kappa shape index (κ1) is 16.8. The zero-order valence-corrected chi connectivity index (χ0v) is 14.9. The van der Waals surface area contributed by atoms with Crippen LogP contribution in [0.4, 0.5) is 11.8 Å². The number of nitrogens with zero attached hydrogens (tertiary/aromatic N) is 4. The molecule has 0 spiro atoms. The van der Waals surface area contributed by atoms with Crippen LogP contribution in [0, 0.1) is 5.92 Å². The maximum Gasteiger partial charge on any atom is 0.222 e. The van der Waals surface area contributed by atoms with E-state index in [1.807, 2.05) is 12.1 Å². The molecule has 2 atom stereocenters. The third-order valence-corrected chi connectivity index (χ3v) is 5.61. The van der Waals surface area contributed by atoms with Gasteiger partial charge in [0.25, 0.3) is 0 Å². The number of carbonyl (C=O) groups is 1. The van der Waals surface area contributed by atoms with Crippen LogP contribution < -0.4 is 10.6 Å². The van der Waals surface area contributed by atoms with Gasteiger partial charge >= 0.3 is 0 Å². The van der Waals surface area contributed by atoms with E-state index >= 15 is 0 Å². The maximum absolute atomic E-state index is 12.5. The van der Waals surface area contributed by atoms with Crippen LogP contribution in [0.1, 0.15) is 24.8 Å². The summed E-state index contributed by atoms with van der Waals surface area (Å²) in [7, 11) is 0. The van der Waals surface area contributed by atoms with Gasteiger partial charge in [-0.1, -0.05) is 30.3 Å². The van der Waals surface area contributed by atoms with Crippen LogP contribution >= 0.6 is 0 Å². The summed E-state index contributed by atoms with van der Waals surface area (Å²) in [6.45, 7) is 2.63. The predicted octanol–water partition coefficient (Wildman–Crippen LogP) is 2.12. The summed E-state index contributed by atoms with van der Waals surface area (Å²) in [6, 6.07) is 12.7. The Morgan fingerprint density at radius 2 is 2.00 bits per heavy atom. The summed E-state index contributed by atoms with van der Waals surface area (Å²) in [5.74, 6) is 2.01. The number of amides is 1. The second-order valence-electron chi connectivity index (χ2n) is 7.20. The first-order valence-corrected chi connectivity index (χ1v) is 9.37. The van der Waals surface area contributed by atoms with Crippen LogP contribution in [-0.2, 0) is 11.2 Å². The third-order valence-electron chi connectivity index (χ3n) is 5.61. The number of piperidine rings is 2. The lowest BCUT2D eigenvalue weighted by Crippen LogP contribution is -2.56. The van der Waals surface area contributed by atoms with Gasteiger partial charge < -0.3 is 15.5 Å². The van der Waals surface area contributed by atoms with E-state index in [2.05, 4.69) is 44.0 Å². The summed E-state index contributed by atoms with van der Waals surface area (Å²) in [4.78, 5) is 25.3. The standard InChI is InChI=1S/C20H25N5O/c21-20-22-11-8-18(23-20)24-12-10-17-16(14-24)6-7-19(26)25(17)13-9-15-4-2-1-3-5-15/h1-5,8,11,16-17H,6-7,9-10,12-14H2,(H2,21,22,23)/t16-,17+/m0/s1. The van der Waals surface area contributed by atoms with Crippen LogP contribution in [0.2, 0.25) is 0 Å². The van der Waals surface area contributed by atoms with E-state index in [9.17, 15) is 4.79 Å². The van der Waals surface area contributed by atoms with Crippen LogP contribution in [-0.4, -0.2) is 46.5 Å². The van der Waals surface area contributed by atoms with Gasteiger partial charge in [-0.15, -0.1) is 0 Å². The molecule has 1 amide bonds. The number of nitrogens with two attached hydrogens (primary N) is 1. The molecule has 2 N–H and O–H groups in total. The Morgan fingerprint density at radius 3 is 2.81 bits per heavy atom. The predicted molar refractivity (Wildman–Crippen MR) is 102 cm³/mol. The van der Waals surface area contributed by atoms with Crippen molar-refractivity contribution in [2.45, 2.75) is 31.7 Å². The highest BCUT2D eigenvalue weighted by Gasteiger charge is 2.39. The van der Waals surface area contributed by atoms with Crippen molar-refractivity contribution in [3.63, 3.8) is 0 Å². The Bertz CT molecular complexity index is 766. The van der Waals surface area contributed by atoms with E-state index in [4.69, 9.17) is 5.73 Å². The number of carbonyl (C=O) groups excluding carboxylic acids is 1. The molecule has 0 saturated carbocycles. The number of hydrogen-bond donors (Lipinski definition) is 1. The van der Waals surface area contributed by atoms with Crippen molar-refractivity contribution in [2.75, 3.05) is 30.3 Å². The monoisotopic (exact) mass is 351 g/mol. The molecule has 0 bridgehead atoms. The Morgan fingerprint density at radius 1 is 1.15 bits per heavy atom. The van der Waals surface area contributed by atoms with Gasteiger partial charge in [0.05, 0.1) is 0 Å². The topological polar surface area (TPSA) is 75.3 Å². The highest BCUT2D eigenvalue weighted by Crippen LogP contribution is 2.33. The van der Waals surface area contributed by atoms with Gasteiger partial charge in [0.15, 0.2) is 0 Å². The lowest BCUT2D eigenvalue weighted by atomic mass is 9.83. The fraction of sp³-hybridized carbons (Fsp3) is 0.450. The minimum Gasteiger partial charge on any atom is -0.368 e. The van der Waals surface area contributed by atoms with Crippen molar-refractivity contribution in [2.24, 2.45) is 5.92 Å². The van der Waals surface area contributed by atoms with Crippen LogP contribution in [0.25, 0.3) is 0 Å². The van der Waals surface area contributed by atoms with E-state index in [-0.39, 0.29) is 0 Å². The van der Waals surface area contributed by atoms with E-state index in [1.54, 1.807) is 6.20 Å². The maximum atomic E-state index is 12.5. The van der Waals surface area contributed by atoms with Gasteiger partial charge in [-0.05, 0) is 36.8 Å². The highest BCUT2D eigenvalue weighted by molar-refractivity contribution is 5.77. The van der Waals surface area contributed by atoms with Crippen LogP contribution in [0.15, 0.2) is 42.6 Å². The molecule has 2 aliphatic heterocycles. The molecule has 136 valence electrons. The van der Waals surface area contributed by atoms with Crippen molar-refractivity contribution in [3.8, 4) is 0 Å². The fourth-order valence-electron chi connectivity index (χ4n) is 4.28. The van der Waals surface area contributed by atoms with Gasteiger partial charge in [0, 0.05) is 38.3 Å². The van der Waals surface area contributed by atoms with Crippen molar-refractivity contribution >= 4 is 17.7 Å². The first-order chi connectivity index (χ1) is 12.7. The molecule has 0 radical (unpaired) electrons. The molecule has 6 nitrogen and oxygen atoms in total. The highest BCUT2D eigenvalue weighted by atomic mass is 16.2. The second kappa shape index (κ2) is 7.32. The molecular weight excluding hydrogens is 326 g/mol. The van der Waals surface area contributed by atoms with Gasteiger partial charge in [-0.25, -0.2) is 4.98 Å². The third kappa shape index (κ3) is 3.49. The Hall–Kier alpha value is -2.63. The minimum absolute atomic E-state index is 0.307. The van der Waals surface area contributed by atoms with E-state index in [1.165, 1.54) is 5.56 Å². The van der Waals surface area contributed by atoms with Crippen molar-refractivity contribution < 1.29 is 4.79 Å². The van der Waals surface area contributed by atoms with E-state index < -0.39 is 0 Å². The van der Waals surface area contributed by atoms with Gasteiger partial charge in [0.2, 0.25) is 11.9 Å². The van der Waals surface area contributed by atoms with Crippen molar-refractivity contribution in [3.05, 3.63) is 48.2 Å². The molecule has 3 heterocycles. The molecular formula is C20H25N5O. The zero-order valence-electron chi connectivity index (χ0n) is 14.9. The van der Waals surface area contributed by atoms with Gasteiger partial charge in [0.1, 0.15) is 5.82 Å². The molecule has 2 fully saturated rings. The fourth-order valence-corrected chi connectivity index (χ4v) is 4.28. The van der Waals surface area contributed by atoms with E-state index in [0.29, 0.717) is 30.2 Å². The molecule has 26 heavy (non-hydrogen) atoms. The number of nitrogen functional groups attached to an aromatic ring is 1. The molecule has 0 aliphatic carbocycles. The summed E-state index contributed by atoms with van der Waals surface area (Å²) in [6.07, 6.45) is 5.22. The molecule has 1 aromatic carbocycles. The minimum atomic E-state index is 0.307. The normalized spacial score (nSPS) is 23.0. The first-order valence-electron chi connectivity index (χ1n) is 9.37. The summed E-state index contributed by atoms with van der Waals surface area (Å²) in [5.41, 5.74) is 7.02. The van der Waals surface area contributed by atoms with E-state index in [0.717, 1.165) is 44.7 Å². The number of likely N-dealkylation sites (tertiary alicyclic amines) is 1. The van der Waals surface area contributed by atoms with Crippen molar-refractivity contribution in [1.29, 1.82) is 0 Å². The van der Waals surface area contributed by atoms with Crippen LogP contribution in [0.3, 0.4) is 0 Å². The molecule has 0 unspecified atom stereocenters. The molecule has 4 rings (SSSR count). The number of aromatic nitrogens is 2. The average Bonchev–Trinajstić information content (AvgIpc) is 2.68. The lowest BCUT2D eigenvalue weighted by molar-refractivity contribution is -0.139. The van der Waals surface area contributed by atoms with Crippen LogP contribution in [0.5, 0.6) is 0 Å². The molecule has 2 aliphatic rings. The summed E-state index contributed by atoms with van der Waals surface area (Å²) >= 11 is 0. The van der Waals surface area contributed by atoms with Crippen molar-refractivity contribution in [1.82, 2.24) is 14.9 Å². The Labute approximate surface area is 154 Å². The quantitative estimate of drug-likeness (QED) is 0.913. The Balaban J connectivity index is 1.43. The lowest BCUT2D eigenvalue weighted by Gasteiger charge is -2.47. The average molecular weight is 351 g/mol. The molecule has 6 heteroatoms. The number of rotatable bonds is 4. The Kier molecular flexibility index (Phi) is 4.73. The smallest absolute Gasteiger partial charge is 0.222 e. The number of fused-ring (bicyclic) bond motifs is 1. The second-order valence-corrected chi connectivity index (χ2v) is 7.20. The SMILES string of the molecule is Nc1nccc(N2CC[C@@H]3[C@@H](CCC(=O)N3CCc3ccccc3)C2)n1. The molecule has 1 aromatic heterocycles. The number of hydrogen-bond acceptors (Lipinski definition) is 5. The largest absolute Gasteiger partial charge is 0.368 e. The zero-order chi connectivity index (χ0) is 17.9.